The van der Waals surface area contributed by atoms with Gasteiger partial charge in [-0.15, -0.1) is 11.3 Å². The smallest absolute Gasteiger partial charge is 0.240 e. The van der Waals surface area contributed by atoms with Crippen molar-refractivity contribution in [3.63, 3.8) is 0 Å². The molecule has 1 aromatic carbocycles. The Hall–Kier alpha value is -2.96. The summed E-state index contributed by atoms with van der Waals surface area (Å²) in [5.74, 6) is -0.0717. The van der Waals surface area contributed by atoms with Gasteiger partial charge in [0, 0.05) is 28.4 Å². The highest BCUT2D eigenvalue weighted by Crippen LogP contribution is 2.29. The summed E-state index contributed by atoms with van der Waals surface area (Å²) in [7, 11) is 0. The zero-order chi connectivity index (χ0) is 19.3. The number of hydrogen-bond donors (Lipinski definition) is 1. The number of carbonyl (C=O) groups excluding carboxylic acids is 1. The molecule has 28 heavy (non-hydrogen) atoms. The maximum absolute atomic E-state index is 12.3. The molecule has 0 radical (unpaired) electrons. The third-order valence-corrected chi connectivity index (χ3v) is 5.32. The number of halogens is 1. The second-order valence-electron chi connectivity index (χ2n) is 6.16. The Kier molecular flexibility index (Phi) is 5.50. The zero-order valence-corrected chi connectivity index (χ0v) is 16.5. The lowest BCUT2D eigenvalue weighted by molar-refractivity contribution is -0.121. The molecule has 4 rings (SSSR count). The maximum atomic E-state index is 12.3. The van der Waals surface area contributed by atoms with Crippen LogP contribution in [0.4, 0.5) is 0 Å². The van der Waals surface area contributed by atoms with Gasteiger partial charge in [-0.1, -0.05) is 29.8 Å². The summed E-state index contributed by atoms with van der Waals surface area (Å²) in [6.07, 6.45) is 3.60. The van der Waals surface area contributed by atoms with Gasteiger partial charge < -0.3 is 9.88 Å². The van der Waals surface area contributed by atoms with E-state index in [-0.39, 0.29) is 12.5 Å². The standard InChI is InChI=1S/C21H17ClN4OS/c22-16-8-6-15(7-9-16)18-14-28-21(25-18)19-5-3-11-26(19)13-20(27)24-12-17-4-1-2-10-23-17/h1-11,14H,12-13H2,(H,24,27). The molecule has 4 aromatic rings. The Morgan fingerprint density at radius 1 is 1.11 bits per heavy atom. The van der Waals surface area contributed by atoms with Gasteiger partial charge in [-0.25, -0.2) is 4.98 Å². The van der Waals surface area contributed by atoms with Gasteiger partial charge in [0.2, 0.25) is 5.91 Å². The fourth-order valence-corrected chi connectivity index (χ4v) is 3.79. The molecule has 140 valence electrons. The Morgan fingerprint density at radius 2 is 1.96 bits per heavy atom. The molecule has 0 unspecified atom stereocenters. The van der Waals surface area contributed by atoms with Crippen LogP contribution in [0.2, 0.25) is 5.02 Å². The summed E-state index contributed by atoms with van der Waals surface area (Å²) in [6.45, 7) is 0.638. The van der Waals surface area contributed by atoms with Crippen molar-refractivity contribution >= 4 is 28.8 Å². The molecule has 0 fully saturated rings. The van der Waals surface area contributed by atoms with Crippen LogP contribution < -0.4 is 5.32 Å². The summed E-state index contributed by atoms with van der Waals surface area (Å²) >= 11 is 7.51. The van der Waals surface area contributed by atoms with Crippen LogP contribution in [0.3, 0.4) is 0 Å². The van der Waals surface area contributed by atoms with Gasteiger partial charge in [0.25, 0.3) is 0 Å². The molecule has 0 aliphatic heterocycles. The lowest BCUT2D eigenvalue weighted by atomic mass is 10.2. The number of nitrogens with one attached hydrogen (secondary N) is 1. The first-order chi connectivity index (χ1) is 13.7. The summed E-state index contributed by atoms with van der Waals surface area (Å²) < 4.78 is 1.90. The summed E-state index contributed by atoms with van der Waals surface area (Å²) in [4.78, 5) is 21.3. The molecule has 0 spiro atoms. The molecule has 0 bridgehead atoms. The predicted octanol–water partition coefficient (Wildman–Crippen LogP) is 4.64. The van der Waals surface area contributed by atoms with E-state index in [4.69, 9.17) is 16.6 Å². The van der Waals surface area contributed by atoms with Crippen molar-refractivity contribution in [1.82, 2.24) is 19.9 Å². The van der Waals surface area contributed by atoms with Crippen LogP contribution in [0.1, 0.15) is 5.69 Å². The largest absolute Gasteiger partial charge is 0.349 e. The van der Waals surface area contributed by atoms with Crippen molar-refractivity contribution in [2.24, 2.45) is 0 Å². The molecule has 3 heterocycles. The van der Waals surface area contributed by atoms with Crippen LogP contribution in [0.15, 0.2) is 72.4 Å². The quantitative estimate of drug-likeness (QED) is 0.505. The van der Waals surface area contributed by atoms with E-state index < -0.39 is 0 Å². The van der Waals surface area contributed by atoms with Gasteiger partial charge in [-0.05, 0) is 36.4 Å². The van der Waals surface area contributed by atoms with E-state index in [1.54, 1.807) is 17.5 Å². The number of benzene rings is 1. The van der Waals surface area contributed by atoms with Crippen molar-refractivity contribution < 1.29 is 4.79 Å². The van der Waals surface area contributed by atoms with Crippen LogP contribution in [0.25, 0.3) is 22.0 Å². The van der Waals surface area contributed by atoms with Crippen LogP contribution in [0.5, 0.6) is 0 Å². The second-order valence-corrected chi connectivity index (χ2v) is 7.46. The van der Waals surface area contributed by atoms with Crippen molar-refractivity contribution in [2.45, 2.75) is 13.1 Å². The number of hydrogen-bond acceptors (Lipinski definition) is 4. The number of rotatable bonds is 6. The molecule has 3 aromatic heterocycles. The fraction of sp³-hybridized carbons (Fsp3) is 0.0952. The molecule has 1 N–H and O–H groups in total. The minimum Gasteiger partial charge on any atom is -0.349 e. The molecule has 0 saturated heterocycles. The van der Waals surface area contributed by atoms with Crippen LogP contribution in [-0.2, 0) is 17.9 Å². The molecule has 0 aliphatic carbocycles. The molecule has 0 atom stereocenters. The van der Waals surface area contributed by atoms with Gasteiger partial charge in [0.1, 0.15) is 11.6 Å². The number of nitrogens with zero attached hydrogens (tertiary/aromatic N) is 3. The highest BCUT2D eigenvalue weighted by molar-refractivity contribution is 7.13. The summed E-state index contributed by atoms with van der Waals surface area (Å²) in [5, 5.41) is 6.48. The average Bonchev–Trinajstić information content (AvgIpc) is 3.37. The first-order valence-corrected chi connectivity index (χ1v) is 9.98. The SMILES string of the molecule is O=C(Cn1cccc1-c1nc(-c2ccc(Cl)cc2)cs1)NCc1ccccn1. The Balaban J connectivity index is 1.45. The van der Waals surface area contributed by atoms with Crippen molar-refractivity contribution in [2.75, 3.05) is 0 Å². The summed E-state index contributed by atoms with van der Waals surface area (Å²) in [6, 6.07) is 17.1. The van der Waals surface area contributed by atoms with Gasteiger partial charge in [-0.3, -0.25) is 9.78 Å². The van der Waals surface area contributed by atoms with E-state index >= 15 is 0 Å². The van der Waals surface area contributed by atoms with Gasteiger partial charge >= 0.3 is 0 Å². The van der Waals surface area contributed by atoms with E-state index in [0.717, 1.165) is 27.7 Å². The molecule has 5 nitrogen and oxygen atoms in total. The Bertz CT molecular complexity index is 1070. The number of carbonyl (C=O) groups is 1. The third-order valence-electron chi connectivity index (χ3n) is 4.20. The van der Waals surface area contributed by atoms with E-state index in [1.165, 1.54) is 0 Å². The monoisotopic (exact) mass is 408 g/mol. The van der Waals surface area contributed by atoms with E-state index in [0.29, 0.717) is 11.6 Å². The number of thiazole rings is 1. The fourth-order valence-electron chi connectivity index (χ4n) is 2.79. The van der Waals surface area contributed by atoms with Gasteiger partial charge in [0.15, 0.2) is 0 Å². The lowest BCUT2D eigenvalue weighted by Gasteiger charge is -2.08. The topological polar surface area (TPSA) is 59.8 Å². The Morgan fingerprint density at radius 3 is 2.75 bits per heavy atom. The van der Waals surface area contributed by atoms with Crippen LogP contribution in [-0.4, -0.2) is 20.4 Å². The third kappa shape index (κ3) is 4.30. The first-order valence-electron chi connectivity index (χ1n) is 8.72. The van der Waals surface area contributed by atoms with Crippen LogP contribution in [0, 0.1) is 0 Å². The normalized spacial score (nSPS) is 10.8. The number of aromatic nitrogens is 3. The van der Waals surface area contributed by atoms with Crippen LogP contribution >= 0.6 is 22.9 Å². The van der Waals surface area contributed by atoms with E-state index in [1.807, 2.05) is 70.7 Å². The lowest BCUT2D eigenvalue weighted by Crippen LogP contribution is -2.27. The minimum absolute atomic E-state index is 0.0717. The van der Waals surface area contributed by atoms with E-state index in [9.17, 15) is 4.79 Å². The van der Waals surface area contributed by atoms with Gasteiger partial charge in [0.05, 0.1) is 23.6 Å². The number of pyridine rings is 1. The molecule has 7 heteroatoms. The van der Waals surface area contributed by atoms with Crippen molar-refractivity contribution in [3.8, 4) is 22.0 Å². The number of amides is 1. The highest BCUT2D eigenvalue weighted by Gasteiger charge is 2.12. The zero-order valence-electron chi connectivity index (χ0n) is 14.9. The maximum Gasteiger partial charge on any atom is 0.240 e. The van der Waals surface area contributed by atoms with Crippen molar-refractivity contribution in [3.05, 3.63) is 83.1 Å². The van der Waals surface area contributed by atoms with Crippen molar-refractivity contribution in [1.29, 1.82) is 0 Å². The summed E-state index contributed by atoms with van der Waals surface area (Å²) in [5.41, 5.74) is 3.65. The first kappa shape index (κ1) is 18.4. The predicted molar refractivity (Wildman–Crippen MR) is 112 cm³/mol. The molecular weight excluding hydrogens is 392 g/mol. The minimum atomic E-state index is -0.0717. The molecule has 0 saturated carbocycles. The second kappa shape index (κ2) is 8.37. The molecule has 0 aliphatic rings. The van der Waals surface area contributed by atoms with Gasteiger partial charge in [-0.2, -0.15) is 0 Å². The molecular formula is C21H17ClN4OS. The highest BCUT2D eigenvalue weighted by atomic mass is 35.5. The molecule has 1 amide bonds. The van der Waals surface area contributed by atoms with E-state index in [2.05, 4.69) is 10.3 Å². The average molecular weight is 409 g/mol. The Labute approximate surface area is 171 Å².